The maximum Gasteiger partial charge on any atom is 0.416 e. The van der Waals surface area contributed by atoms with Crippen molar-refractivity contribution in [2.75, 3.05) is 0 Å². The van der Waals surface area contributed by atoms with E-state index in [0.717, 1.165) is 12.1 Å². The second kappa shape index (κ2) is 3.91. The molecule has 4 nitrogen and oxygen atoms in total. The zero-order chi connectivity index (χ0) is 14.6. The molecule has 0 saturated carbocycles. The van der Waals surface area contributed by atoms with Crippen LogP contribution in [-0.2, 0) is 6.18 Å². The maximum absolute atomic E-state index is 12.8. The number of hydrogen-bond donors (Lipinski definition) is 0. The lowest BCUT2D eigenvalue weighted by Crippen LogP contribution is -2.04. The number of alkyl halides is 3. The highest BCUT2D eigenvalue weighted by Gasteiger charge is 2.30. The van der Waals surface area contributed by atoms with Crippen molar-refractivity contribution in [2.24, 2.45) is 0 Å². The van der Waals surface area contributed by atoms with Crippen LogP contribution in [0, 0.1) is 0 Å². The molecule has 0 bridgehead atoms. The molecule has 0 spiro atoms. The third-order valence-corrected chi connectivity index (χ3v) is 3.24. The molecule has 0 aliphatic rings. The molecular formula is C14H7F3N4. The van der Waals surface area contributed by atoms with Crippen molar-refractivity contribution >= 4 is 28.0 Å². The van der Waals surface area contributed by atoms with Crippen LogP contribution < -0.4 is 0 Å². The Hall–Kier alpha value is -2.70. The Bertz CT molecular complexity index is 988. The van der Waals surface area contributed by atoms with E-state index in [1.54, 1.807) is 22.7 Å². The van der Waals surface area contributed by atoms with E-state index in [4.69, 9.17) is 0 Å². The average Bonchev–Trinajstić information content (AvgIpc) is 2.81. The lowest BCUT2D eigenvalue weighted by Gasteiger charge is -2.06. The molecule has 0 atom stereocenters. The monoisotopic (exact) mass is 288 g/mol. The third-order valence-electron chi connectivity index (χ3n) is 3.24. The van der Waals surface area contributed by atoms with Gasteiger partial charge in [-0.15, -0.1) is 0 Å². The smallest absolute Gasteiger partial charge is 0.283 e. The summed E-state index contributed by atoms with van der Waals surface area (Å²) in [5.74, 6) is 0. The predicted molar refractivity (Wildman–Crippen MR) is 70.8 cm³/mol. The molecule has 0 saturated heterocycles. The number of nitrogens with zero attached hydrogens (tertiary/aromatic N) is 4. The first-order valence-electron chi connectivity index (χ1n) is 6.14. The Kier molecular flexibility index (Phi) is 2.25. The van der Waals surface area contributed by atoms with Crippen molar-refractivity contribution in [1.82, 2.24) is 19.4 Å². The summed E-state index contributed by atoms with van der Waals surface area (Å²) in [5, 5.41) is 0. The highest BCUT2D eigenvalue weighted by Crippen LogP contribution is 2.31. The predicted octanol–water partition coefficient (Wildman–Crippen LogP) is 3.45. The number of fused-ring (bicyclic) bond motifs is 4. The molecule has 1 aromatic carbocycles. The second-order valence-electron chi connectivity index (χ2n) is 4.61. The van der Waals surface area contributed by atoms with Gasteiger partial charge in [0.05, 0.1) is 16.6 Å². The molecule has 4 aromatic rings. The minimum absolute atomic E-state index is 0.197. The molecule has 4 rings (SSSR count). The van der Waals surface area contributed by atoms with Gasteiger partial charge in [0.25, 0.3) is 0 Å². The van der Waals surface area contributed by atoms with Crippen molar-refractivity contribution in [1.29, 1.82) is 0 Å². The van der Waals surface area contributed by atoms with Gasteiger partial charge < -0.3 is 0 Å². The van der Waals surface area contributed by atoms with Crippen molar-refractivity contribution < 1.29 is 13.2 Å². The van der Waals surface area contributed by atoms with E-state index in [2.05, 4.69) is 15.0 Å². The van der Waals surface area contributed by atoms with Gasteiger partial charge in [0, 0.05) is 6.20 Å². The fourth-order valence-electron chi connectivity index (χ4n) is 2.26. The molecule has 3 heterocycles. The van der Waals surface area contributed by atoms with Crippen molar-refractivity contribution in [3.63, 3.8) is 0 Å². The summed E-state index contributed by atoms with van der Waals surface area (Å²) >= 11 is 0. The van der Waals surface area contributed by atoms with Gasteiger partial charge in [-0.25, -0.2) is 15.0 Å². The van der Waals surface area contributed by atoms with Gasteiger partial charge in [-0.1, -0.05) is 6.07 Å². The molecule has 0 radical (unpaired) electrons. The van der Waals surface area contributed by atoms with Crippen LogP contribution in [0.15, 0.2) is 42.6 Å². The summed E-state index contributed by atoms with van der Waals surface area (Å²) in [7, 11) is 0. The number of pyridine rings is 1. The lowest BCUT2D eigenvalue weighted by atomic mass is 10.2. The summed E-state index contributed by atoms with van der Waals surface area (Å²) in [6, 6.07) is 8.72. The zero-order valence-electron chi connectivity index (χ0n) is 10.5. The Labute approximate surface area is 115 Å². The third kappa shape index (κ3) is 1.81. The van der Waals surface area contributed by atoms with Crippen LogP contribution in [-0.4, -0.2) is 19.4 Å². The summed E-state index contributed by atoms with van der Waals surface area (Å²) in [6.45, 7) is 0. The first-order valence-corrected chi connectivity index (χ1v) is 6.14. The van der Waals surface area contributed by atoms with E-state index in [9.17, 15) is 13.2 Å². The van der Waals surface area contributed by atoms with Crippen LogP contribution in [0.2, 0.25) is 0 Å². The topological polar surface area (TPSA) is 43.1 Å². The van der Waals surface area contributed by atoms with Gasteiger partial charge in [0.2, 0.25) is 0 Å². The molecule has 0 amide bonds. The summed E-state index contributed by atoms with van der Waals surface area (Å²) < 4.78 is 40.0. The molecule has 104 valence electrons. The number of imidazole rings is 1. The highest BCUT2D eigenvalue weighted by molar-refractivity contribution is 5.85. The molecule has 0 fully saturated rings. The van der Waals surface area contributed by atoms with E-state index in [-0.39, 0.29) is 5.52 Å². The van der Waals surface area contributed by atoms with Crippen molar-refractivity contribution in [3.8, 4) is 0 Å². The van der Waals surface area contributed by atoms with Gasteiger partial charge >= 0.3 is 6.18 Å². The summed E-state index contributed by atoms with van der Waals surface area (Å²) in [6.07, 6.45) is -2.65. The normalized spacial score (nSPS) is 12.5. The molecule has 21 heavy (non-hydrogen) atoms. The van der Waals surface area contributed by atoms with Crippen molar-refractivity contribution in [3.05, 3.63) is 48.2 Å². The van der Waals surface area contributed by atoms with Crippen molar-refractivity contribution in [2.45, 2.75) is 6.18 Å². The summed E-state index contributed by atoms with van der Waals surface area (Å²) in [4.78, 5) is 12.9. The van der Waals surface area contributed by atoms with Gasteiger partial charge in [0.15, 0.2) is 11.3 Å². The molecule has 0 N–H and O–H groups in total. The molecule has 0 aliphatic carbocycles. The average molecular weight is 288 g/mol. The Morgan fingerprint density at radius 3 is 2.57 bits per heavy atom. The second-order valence-corrected chi connectivity index (χ2v) is 4.61. The fourth-order valence-corrected chi connectivity index (χ4v) is 2.26. The number of benzene rings is 1. The fraction of sp³-hybridized carbons (Fsp3) is 0.0714. The van der Waals surface area contributed by atoms with Gasteiger partial charge in [0.1, 0.15) is 5.65 Å². The first-order chi connectivity index (χ1) is 10.0. The van der Waals surface area contributed by atoms with E-state index in [1.165, 1.54) is 6.07 Å². The van der Waals surface area contributed by atoms with E-state index in [0.29, 0.717) is 22.5 Å². The summed E-state index contributed by atoms with van der Waals surface area (Å²) in [5.41, 5.74) is 1.35. The van der Waals surface area contributed by atoms with E-state index < -0.39 is 11.7 Å². The zero-order valence-corrected chi connectivity index (χ0v) is 10.5. The first kappa shape index (κ1) is 12.1. The maximum atomic E-state index is 12.8. The lowest BCUT2D eigenvalue weighted by molar-refractivity contribution is -0.137. The Morgan fingerprint density at radius 1 is 0.905 bits per heavy atom. The van der Waals surface area contributed by atoms with E-state index >= 15 is 0 Å². The van der Waals surface area contributed by atoms with E-state index in [1.807, 2.05) is 6.07 Å². The minimum Gasteiger partial charge on any atom is -0.283 e. The SMILES string of the molecule is FC(F)(F)c1ccc2nc3nc4ccccn4c3nc2c1. The molecule has 0 unspecified atom stereocenters. The van der Waals surface area contributed by atoms with Gasteiger partial charge in [-0.2, -0.15) is 13.2 Å². The Morgan fingerprint density at radius 2 is 1.76 bits per heavy atom. The van der Waals surface area contributed by atoms with Crippen LogP contribution >= 0.6 is 0 Å². The number of aromatic nitrogens is 4. The van der Waals surface area contributed by atoms with Crippen LogP contribution in [0.3, 0.4) is 0 Å². The van der Waals surface area contributed by atoms with Crippen LogP contribution in [0.25, 0.3) is 28.0 Å². The van der Waals surface area contributed by atoms with Crippen LogP contribution in [0.1, 0.15) is 5.56 Å². The standard InChI is InChI=1S/C14H7F3N4/c15-14(16,17)8-4-5-9-10(7-8)19-13-12(18-9)20-11-3-1-2-6-21(11)13/h1-7H. The van der Waals surface area contributed by atoms with Gasteiger partial charge in [-0.05, 0) is 30.3 Å². The van der Waals surface area contributed by atoms with Gasteiger partial charge in [-0.3, -0.25) is 4.40 Å². The highest BCUT2D eigenvalue weighted by atomic mass is 19.4. The number of rotatable bonds is 0. The minimum atomic E-state index is -4.40. The number of halogens is 3. The molecule has 7 heteroatoms. The van der Waals surface area contributed by atoms with Crippen LogP contribution in [0.4, 0.5) is 13.2 Å². The molecule has 3 aromatic heterocycles. The number of hydrogen-bond acceptors (Lipinski definition) is 3. The molecule has 0 aliphatic heterocycles. The Balaban J connectivity index is 2.08. The quantitative estimate of drug-likeness (QED) is 0.498. The molecular weight excluding hydrogens is 281 g/mol. The largest absolute Gasteiger partial charge is 0.416 e. The van der Waals surface area contributed by atoms with Crippen LogP contribution in [0.5, 0.6) is 0 Å².